The van der Waals surface area contributed by atoms with E-state index in [9.17, 15) is 4.79 Å². The number of nitrogens with two attached hydrogens (primary N) is 1. The van der Waals surface area contributed by atoms with Crippen molar-refractivity contribution in [3.8, 4) is 11.3 Å². The average Bonchev–Trinajstić information content (AvgIpc) is 2.77. The van der Waals surface area contributed by atoms with Gasteiger partial charge in [0.05, 0.1) is 17.8 Å². The molecule has 7 heteroatoms. The summed E-state index contributed by atoms with van der Waals surface area (Å²) in [7, 11) is 0. The lowest BCUT2D eigenvalue weighted by Crippen LogP contribution is -2.15. The summed E-state index contributed by atoms with van der Waals surface area (Å²) in [5.41, 5.74) is 9.63. The van der Waals surface area contributed by atoms with Gasteiger partial charge in [0.2, 0.25) is 11.9 Å². The van der Waals surface area contributed by atoms with Crippen molar-refractivity contribution in [3.63, 3.8) is 0 Å². The molecule has 4 rings (SSSR count). The lowest BCUT2D eigenvalue weighted by molar-refractivity contribution is -0.115. The Balaban J connectivity index is 1.68. The van der Waals surface area contributed by atoms with Crippen molar-refractivity contribution in [1.82, 2.24) is 9.97 Å². The average molecular weight is 368 g/mol. The number of fused-ring (bicyclic) bond motifs is 3. The van der Waals surface area contributed by atoms with Crippen LogP contribution in [0.15, 0.2) is 48.3 Å². The van der Waals surface area contributed by atoms with Crippen LogP contribution in [0.2, 0.25) is 5.02 Å². The number of carbonyl (C=O) groups excluding carboxylic acids is 1. The number of halogens is 1. The fourth-order valence-corrected chi connectivity index (χ4v) is 3.26. The van der Waals surface area contributed by atoms with Gasteiger partial charge in [0.25, 0.3) is 0 Å². The summed E-state index contributed by atoms with van der Waals surface area (Å²) in [4.78, 5) is 21.1. The Morgan fingerprint density at radius 3 is 3.04 bits per heavy atom. The number of aromatic nitrogens is 2. The van der Waals surface area contributed by atoms with E-state index in [0.717, 1.165) is 28.9 Å². The van der Waals surface area contributed by atoms with E-state index < -0.39 is 0 Å². The molecule has 0 bridgehead atoms. The molecule has 1 aromatic carbocycles. The van der Waals surface area contributed by atoms with E-state index >= 15 is 0 Å². The maximum atomic E-state index is 12.1. The molecule has 2 aliphatic rings. The number of allylic oxidation sites excluding steroid dienone is 2. The van der Waals surface area contributed by atoms with Crippen molar-refractivity contribution in [3.05, 3.63) is 58.9 Å². The van der Waals surface area contributed by atoms with Crippen LogP contribution in [0.4, 0.5) is 11.6 Å². The van der Waals surface area contributed by atoms with Gasteiger partial charge < -0.3 is 16.4 Å². The Labute approximate surface area is 156 Å². The van der Waals surface area contributed by atoms with E-state index in [1.54, 1.807) is 18.3 Å². The molecule has 0 fully saturated rings. The molecule has 1 aromatic heterocycles. The Hall–Kier alpha value is -2.70. The Morgan fingerprint density at radius 1 is 1.38 bits per heavy atom. The molecule has 0 saturated heterocycles. The fourth-order valence-electron chi connectivity index (χ4n) is 3.08. The number of nitrogens with zero attached hydrogens (tertiary/aromatic N) is 2. The lowest BCUT2D eigenvalue weighted by atomic mass is 10.00. The first-order valence-corrected chi connectivity index (χ1v) is 8.81. The van der Waals surface area contributed by atoms with Crippen LogP contribution in [0.3, 0.4) is 0 Å². The van der Waals surface area contributed by atoms with Crippen LogP contribution >= 0.6 is 11.6 Å². The van der Waals surface area contributed by atoms with Crippen molar-refractivity contribution >= 4 is 29.1 Å². The van der Waals surface area contributed by atoms with E-state index in [1.807, 2.05) is 12.1 Å². The van der Waals surface area contributed by atoms with Gasteiger partial charge in [-0.1, -0.05) is 23.8 Å². The Morgan fingerprint density at radius 2 is 2.27 bits per heavy atom. The molecule has 0 radical (unpaired) electrons. The molecule has 1 unspecified atom stereocenters. The normalized spacial score (nSPS) is 18.3. The molecule has 132 valence electrons. The molecule has 2 heterocycles. The predicted octanol–water partition coefficient (Wildman–Crippen LogP) is 3.12. The van der Waals surface area contributed by atoms with Crippen molar-refractivity contribution in [2.75, 3.05) is 17.2 Å². The molecule has 6 nitrogen and oxygen atoms in total. The van der Waals surface area contributed by atoms with Gasteiger partial charge in [-0.05, 0) is 43.2 Å². The summed E-state index contributed by atoms with van der Waals surface area (Å²) in [6.07, 6.45) is 8.98. The minimum Gasteiger partial charge on any atom is -0.330 e. The minimum atomic E-state index is -0.109. The van der Waals surface area contributed by atoms with E-state index in [-0.39, 0.29) is 12.3 Å². The summed E-state index contributed by atoms with van der Waals surface area (Å²) in [5, 5.41) is 6.67. The maximum absolute atomic E-state index is 12.1. The van der Waals surface area contributed by atoms with Gasteiger partial charge in [-0.3, -0.25) is 4.79 Å². The number of amides is 1. The molecular weight excluding hydrogens is 350 g/mol. The van der Waals surface area contributed by atoms with Gasteiger partial charge in [-0.2, -0.15) is 0 Å². The monoisotopic (exact) mass is 367 g/mol. The van der Waals surface area contributed by atoms with Gasteiger partial charge in [0.1, 0.15) is 0 Å². The zero-order valence-corrected chi connectivity index (χ0v) is 14.8. The third-order valence-electron chi connectivity index (χ3n) is 4.47. The van der Waals surface area contributed by atoms with Crippen LogP contribution in [0.1, 0.15) is 12.0 Å². The third-order valence-corrected chi connectivity index (χ3v) is 4.71. The Bertz CT molecular complexity index is 938. The molecule has 4 N–H and O–H groups in total. The van der Waals surface area contributed by atoms with Crippen molar-refractivity contribution in [1.29, 1.82) is 0 Å². The highest BCUT2D eigenvalue weighted by atomic mass is 35.5. The van der Waals surface area contributed by atoms with Crippen molar-refractivity contribution in [2.45, 2.75) is 12.8 Å². The van der Waals surface area contributed by atoms with Crippen LogP contribution < -0.4 is 16.4 Å². The largest absolute Gasteiger partial charge is 0.330 e. The molecule has 26 heavy (non-hydrogen) atoms. The number of carbonyl (C=O) groups is 1. The van der Waals surface area contributed by atoms with Crippen molar-refractivity contribution in [2.24, 2.45) is 11.7 Å². The first kappa shape index (κ1) is 16.8. The first-order valence-electron chi connectivity index (χ1n) is 8.43. The van der Waals surface area contributed by atoms with Crippen LogP contribution in [-0.4, -0.2) is 22.4 Å². The third kappa shape index (κ3) is 3.34. The fraction of sp³-hybridized carbons (Fsp3) is 0.211. The summed E-state index contributed by atoms with van der Waals surface area (Å²) in [5.74, 6) is 0.755. The van der Waals surface area contributed by atoms with Crippen molar-refractivity contribution < 1.29 is 4.79 Å². The smallest absolute Gasteiger partial charge is 0.228 e. The van der Waals surface area contributed by atoms with Crippen LogP contribution in [0.25, 0.3) is 11.3 Å². The van der Waals surface area contributed by atoms with E-state index in [4.69, 9.17) is 17.3 Å². The summed E-state index contributed by atoms with van der Waals surface area (Å²) in [6.45, 7) is 0.635. The maximum Gasteiger partial charge on any atom is 0.228 e. The standard InChI is InChI=1S/C19H18ClN5O/c20-13-3-6-15-16(8-13)24-17(26)7-12-10-22-19(25-18(12)15)23-14-4-1-11(9-21)2-5-14/h1,3-6,8,10-11H,2,7,9,21H2,(H,24,26)(H,22,23,25). The Kier molecular flexibility index (Phi) is 4.44. The number of hydrogen-bond acceptors (Lipinski definition) is 5. The molecule has 1 amide bonds. The zero-order chi connectivity index (χ0) is 18.1. The highest BCUT2D eigenvalue weighted by molar-refractivity contribution is 6.31. The number of benzene rings is 1. The number of nitrogens with one attached hydrogen (secondary N) is 2. The molecule has 1 atom stereocenters. The second kappa shape index (κ2) is 6.90. The van der Waals surface area contributed by atoms with E-state index in [2.05, 4.69) is 32.8 Å². The number of hydrogen-bond donors (Lipinski definition) is 3. The minimum absolute atomic E-state index is 0.109. The van der Waals surface area contributed by atoms with Crippen LogP contribution in [0, 0.1) is 5.92 Å². The van der Waals surface area contributed by atoms with Gasteiger partial charge in [-0.15, -0.1) is 0 Å². The predicted molar refractivity (Wildman–Crippen MR) is 103 cm³/mol. The van der Waals surface area contributed by atoms with E-state index in [1.165, 1.54) is 0 Å². The molecular formula is C19H18ClN5O. The molecule has 2 aromatic rings. The second-order valence-corrected chi connectivity index (χ2v) is 6.79. The molecule has 0 saturated carbocycles. The highest BCUT2D eigenvalue weighted by Gasteiger charge is 2.21. The summed E-state index contributed by atoms with van der Waals surface area (Å²) >= 11 is 6.07. The van der Waals surface area contributed by atoms with Gasteiger partial charge in [0.15, 0.2) is 0 Å². The number of rotatable bonds is 3. The first-order chi connectivity index (χ1) is 12.6. The molecule has 1 aliphatic heterocycles. The zero-order valence-electron chi connectivity index (χ0n) is 14.0. The van der Waals surface area contributed by atoms with Crippen LogP contribution in [-0.2, 0) is 11.2 Å². The summed E-state index contributed by atoms with van der Waals surface area (Å²) < 4.78 is 0. The second-order valence-electron chi connectivity index (χ2n) is 6.36. The number of anilines is 2. The lowest BCUT2D eigenvalue weighted by Gasteiger charge is -2.15. The summed E-state index contributed by atoms with van der Waals surface area (Å²) in [6, 6.07) is 5.39. The van der Waals surface area contributed by atoms with Gasteiger partial charge >= 0.3 is 0 Å². The van der Waals surface area contributed by atoms with Gasteiger partial charge in [-0.25, -0.2) is 9.97 Å². The van der Waals surface area contributed by atoms with Gasteiger partial charge in [0, 0.05) is 28.0 Å². The topological polar surface area (TPSA) is 92.9 Å². The SMILES string of the molecule is NCC1C=CC(Nc2ncc3c(n2)-c2ccc(Cl)cc2NC(=O)C3)=CC1. The van der Waals surface area contributed by atoms with Crippen LogP contribution in [0.5, 0.6) is 0 Å². The highest BCUT2D eigenvalue weighted by Crippen LogP contribution is 2.34. The quantitative estimate of drug-likeness (QED) is 0.775. The van der Waals surface area contributed by atoms with E-state index in [0.29, 0.717) is 29.1 Å². The molecule has 1 aliphatic carbocycles. The molecule has 0 spiro atoms.